The molecular weight excluding hydrogens is 511 g/mol. The van der Waals surface area contributed by atoms with Gasteiger partial charge in [0.25, 0.3) is 11.8 Å². The summed E-state index contributed by atoms with van der Waals surface area (Å²) in [5, 5.41) is 6.50. The van der Waals surface area contributed by atoms with E-state index in [0.717, 1.165) is 11.3 Å². The van der Waals surface area contributed by atoms with Crippen LogP contribution >= 0.6 is 35.0 Å². The molecule has 7 nitrogen and oxygen atoms in total. The van der Waals surface area contributed by atoms with Crippen molar-refractivity contribution in [2.75, 3.05) is 26.5 Å². The first-order valence-corrected chi connectivity index (χ1v) is 12.4. The van der Waals surface area contributed by atoms with E-state index in [9.17, 15) is 9.59 Å². The second kappa shape index (κ2) is 13.1. The van der Waals surface area contributed by atoms with Crippen molar-refractivity contribution in [3.63, 3.8) is 0 Å². The maximum atomic E-state index is 12.9. The molecule has 3 rings (SSSR count). The van der Waals surface area contributed by atoms with E-state index in [2.05, 4.69) is 10.6 Å². The van der Waals surface area contributed by atoms with Crippen LogP contribution in [0.1, 0.15) is 21.7 Å². The molecule has 184 valence electrons. The molecule has 0 spiro atoms. The quantitative estimate of drug-likeness (QED) is 0.252. The summed E-state index contributed by atoms with van der Waals surface area (Å²) >= 11 is 13.6. The number of thioether (sulfide) groups is 1. The third-order valence-electron chi connectivity index (χ3n) is 4.75. The maximum absolute atomic E-state index is 12.9. The van der Waals surface area contributed by atoms with Crippen molar-refractivity contribution >= 4 is 52.9 Å². The van der Waals surface area contributed by atoms with Crippen molar-refractivity contribution in [1.29, 1.82) is 0 Å². The van der Waals surface area contributed by atoms with Crippen molar-refractivity contribution in [3.05, 3.63) is 87.4 Å². The topological polar surface area (TPSA) is 89.8 Å². The van der Waals surface area contributed by atoms with Gasteiger partial charge in [0.2, 0.25) is 0 Å². The first-order chi connectivity index (χ1) is 16.9. The minimum absolute atomic E-state index is 0.0502. The molecule has 0 unspecified atom stereocenters. The Labute approximate surface area is 217 Å². The van der Waals surface area contributed by atoms with Crippen molar-refractivity contribution in [1.82, 2.24) is 10.6 Å². The van der Waals surface area contributed by atoms with Crippen molar-refractivity contribution in [3.8, 4) is 11.5 Å². The molecule has 2 amide bonds. The fourth-order valence-corrected chi connectivity index (χ4v) is 4.12. The molecule has 0 saturated heterocycles. The van der Waals surface area contributed by atoms with Gasteiger partial charge in [-0.3, -0.25) is 9.59 Å². The monoisotopic (exact) mass is 534 g/mol. The molecule has 10 heteroatoms. The van der Waals surface area contributed by atoms with Gasteiger partial charge in [0.1, 0.15) is 11.5 Å². The summed E-state index contributed by atoms with van der Waals surface area (Å²) in [6.07, 6.45) is 2.95. The highest BCUT2D eigenvalue weighted by Crippen LogP contribution is 2.27. The lowest BCUT2D eigenvalue weighted by atomic mass is 10.1. The normalized spacial score (nSPS) is 11.1. The van der Waals surface area contributed by atoms with E-state index in [1.54, 1.807) is 42.1 Å². The van der Waals surface area contributed by atoms with Crippen LogP contribution in [0.5, 0.6) is 11.5 Å². The number of methoxy groups -OCH3 is 2. The van der Waals surface area contributed by atoms with Gasteiger partial charge in [0.05, 0.1) is 30.5 Å². The number of ether oxygens (including phenoxy) is 2. The fraction of sp³-hybridized carbons (Fsp3) is 0.200. The summed E-state index contributed by atoms with van der Waals surface area (Å²) in [7, 11) is 2.99. The number of furan rings is 1. The smallest absolute Gasteiger partial charge is 0.267 e. The Hall–Kier alpha value is -3.07. The molecular formula is C25H24Cl2N2O5S. The average molecular weight is 535 g/mol. The van der Waals surface area contributed by atoms with E-state index < -0.39 is 11.8 Å². The summed E-state index contributed by atoms with van der Waals surface area (Å²) in [5.41, 5.74) is 1.39. The Balaban J connectivity index is 1.61. The van der Waals surface area contributed by atoms with Crippen LogP contribution in [0.15, 0.2) is 64.9 Å². The predicted octanol–water partition coefficient (Wildman–Crippen LogP) is 5.42. The molecule has 0 aliphatic heterocycles. The molecule has 1 heterocycles. The van der Waals surface area contributed by atoms with Crippen LogP contribution in [0.25, 0.3) is 6.08 Å². The van der Waals surface area contributed by atoms with Crippen molar-refractivity contribution in [2.45, 2.75) is 5.75 Å². The Morgan fingerprint density at radius 3 is 2.51 bits per heavy atom. The van der Waals surface area contributed by atoms with Gasteiger partial charge in [-0.2, -0.15) is 11.8 Å². The molecule has 0 fully saturated rings. The summed E-state index contributed by atoms with van der Waals surface area (Å²) < 4.78 is 15.8. The summed E-state index contributed by atoms with van der Waals surface area (Å²) in [6, 6.07) is 13.6. The van der Waals surface area contributed by atoms with Crippen molar-refractivity contribution < 1.29 is 23.5 Å². The van der Waals surface area contributed by atoms with E-state index in [1.807, 2.05) is 12.1 Å². The van der Waals surface area contributed by atoms with Crippen LogP contribution in [-0.4, -0.2) is 38.3 Å². The van der Waals surface area contributed by atoms with E-state index in [-0.39, 0.29) is 5.70 Å². The molecule has 2 aromatic carbocycles. The van der Waals surface area contributed by atoms with Crippen LogP contribution in [0.3, 0.4) is 0 Å². The number of hydrogen-bond donors (Lipinski definition) is 2. The number of carbonyl (C=O) groups is 2. The van der Waals surface area contributed by atoms with E-state index in [1.165, 1.54) is 32.6 Å². The number of amides is 2. The third-order valence-corrected chi connectivity index (χ3v) is 6.52. The molecule has 35 heavy (non-hydrogen) atoms. The Morgan fingerprint density at radius 1 is 1.03 bits per heavy atom. The highest BCUT2D eigenvalue weighted by atomic mass is 35.5. The fourth-order valence-electron chi connectivity index (χ4n) is 3.00. The van der Waals surface area contributed by atoms with E-state index in [0.29, 0.717) is 45.2 Å². The van der Waals surface area contributed by atoms with Gasteiger partial charge < -0.3 is 24.5 Å². The first kappa shape index (κ1) is 26.5. The van der Waals surface area contributed by atoms with Crippen LogP contribution in [0, 0.1) is 0 Å². The minimum atomic E-state index is -0.479. The summed E-state index contributed by atoms with van der Waals surface area (Å²) in [4.78, 5) is 25.7. The van der Waals surface area contributed by atoms with Gasteiger partial charge in [-0.25, -0.2) is 0 Å². The standard InChI is InChI=1S/C25H24Cl2N2O5S/c1-32-22-8-6-17(13-23(22)33-2)24(30)29-21(14-18-4-3-10-34-18)25(31)28-9-11-35-15-16-5-7-19(26)20(27)12-16/h3-8,10,12-14H,9,11,15H2,1-2H3,(H,28,31)(H,29,30)/b21-14-. The van der Waals surface area contributed by atoms with Gasteiger partial charge in [0.15, 0.2) is 11.5 Å². The Morgan fingerprint density at radius 2 is 1.83 bits per heavy atom. The van der Waals surface area contributed by atoms with Crippen LogP contribution in [0.4, 0.5) is 0 Å². The largest absolute Gasteiger partial charge is 0.493 e. The molecule has 1 aromatic heterocycles. The minimum Gasteiger partial charge on any atom is -0.493 e. The second-order valence-corrected chi connectivity index (χ2v) is 9.07. The highest BCUT2D eigenvalue weighted by Gasteiger charge is 2.17. The van der Waals surface area contributed by atoms with Crippen LogP contribution in [-0.2, 0) is 10.5 Å². The van der Waals surface area contributed by atoms with Gasteiger partial charge in [-0.05, 0) is 48.0 Å². The Kier molecular flexibility index (Phi) is 9.96. The molecule has 0 aliphatic rings. The zero-order valence-electron chi connectivity index (χ0n) is 19.1. The molecule has 0 atom stereocenters. The van der Waals surface area contributed by atoms with E-state index >= 15 is 0 Å². The highest BCUT2D eigenvalue weighted by molar-refractivity contribution is 7.98. The molecule has 0 aliphatic carbocycles. The first-order valence-electron chi connectivity index (χ1n) is 10.5. The molecule has 3 aromatic rings. The zero-order chi connectivity index (χ0) is 25.2. The number of hydrogen-bond acceptors (Lipinski definition) is 6. The van der Waals surface area contributed by atoms with Gasteiger partial charge in [-0.1, -0.05) is 29.3 Å². The number of halogens is 2. The third kappa shape index (κ3) is 7.71. The maximum Gasteiger partial charge on any atom is 0.267 e. The zero-order valence-corrected chi connectivity index (χ0v) is 21.4. The lowest BCUT2D eigenvalue weighted by molar-refractivity contribution is -0.117. The van der Waals surface area contributed by atoms with Crippen LogP contribution < -0.4 is 20.1 Å². The second-order valence-electron chi connectivity index (χ2n) is 7.15. The average Bonchev–Trinajstić information content (AvgIpc) is 3.38. The predicted molar refractivity (Wildman–Crippen MR) is 139 cm³/mol. The summed E-state index contributed by atoms with van der Waals surface area (Å²) in [6.45, 7) is 0.395. The molecule has 2 N–H and O–H groups in total. The van der Waals surface area contributed by atoms with Crippen molar-refractivity contribution in [2.24, 2.45) is 0 Å². The molecule has 0 radical (unpaired) electrons. The van der Waals surface area contributed by atoms with E-state index in [4.69, 9.17) is 37.1 Å². The lowest BCUT2D eigenvalue weighted by Gasteiger charge is -2.12. The van der Waals surface area contributed by atoms with Gasteiger partial charge >= 0.3 is 0 Å². The van der Waals surface area contributed by atoms with Gasteiger partial charge in [0, 0.05) is 29.7 Å². The number of nitrogens with one attached hydrogen (secondary N) is 2. The SMILES string of the molecule is COc1ccc(C(=O)N/C(=C\c2ccco2)C(=O)NCCSCc2ccc(Cl)c(Cl)c2)cc1OC. The number of carbonyl (C=O) groups excluding carboxylic acids is 2. The molecule has 0 saturated carbocycles. The van der Waals surface area contributed by atoms with Gasteiger partial charge in [-0.15, -0.1) is 0 Å². The number of rotatable bonds is 11. The van der Waals surface area contributed by atoms with Crippen LogP contribution in [0.2, 0.25) is 10.0 Å². The summed E-state index contributed by atoms with van der Waals surface area (Å²) in [5.74, 6) is 1.78. The lowest BCUT2D eigenvalue weighted by Crippen LogP contribution is -2.35. The Bertz CT molecular complexity index is 1200. The molecule has 0 bridgehead atoms. The number of benzene rings is 2.